The van der Waals surface area contributed by atoms with Crippen LogP contribution in [0.2, 0.25) is 5.02 Å². The molecule has 4 rings (SSSR count). The number of unbranched alkanes of at least 4 members (excludes halogenated alkanes) is 3. The van der Waals surface area contributed by atoms with Gasteiger partial charge in [-0.3, -0.25) is 15.0 Å². The quantitative estimate of drug-likeness (QED) is 0.189. The van der Waals surface area contributed by atoms with E-state index in [1.807, 2.05) is 20.8 Å². The molecule has 2 atom stereocenters. The molecule has 0 spiro atoms. The second-order valence-corrected chi connectivity index (χ2v) is 15.0. The third-order valence-electron chi connectivity index (χ3n) is 7.22. The minimum absolute atomic E-state index is 0.0250. The van der Waals surface area contributed by atoms with Gasteiger partial charge in [0.25, 0.3) is 5.91 Å². The smallest absolute Gasteiger partial charge is 0.416 e. The number of halogens is 4. The van der Waals surface area contributed by atoms with Crippen LogP contribution in [0, 0.1) is 5.92 Å². The molecule has 1 amide bonds. The molecule has 12 heteroatoms. The van der Waals surface area contributed by atoms with Gasteiger partial charge in [0, 0.05) is 42.4 Å². The van der Waals surface area contributed by atoms with Crippen molar-refractivity contribution in [3.63, 3.8) is 0 Å². The van der Waals surface area contributed by atoms with E-state index in [1.165, 1.54) is 38.2 Å². The first kappa shape index (κ1) is 46.6. The van der Waals surface area contributed by atoms with Gasteiger partial charge in [0.2, 0.25) is 0 Å². The number of nitrogens with one attached hydrogen (secondary N) is 1. The summed E-state index contributed by atoms with van der Waals surface area (Å²) in [5.41, 5.74) is 0.218. The zero-order valence-corrected chi connectivity index (χ0v) is 33.9. The number of thiazole rings is 1. The van der Waals surface area contributed by atoms with Crippen molar-refractivity contribution in [1.82, 2.24) is 9.88 Å². The summed E-state index contributed by atoms with van der Waals surface area (Å²) >= 11 is 7.19. The number of phenolic OH excluding ortho intramolecular Hbond substituents is 1. The molecule has 0 bridgehead atoms. The Morgan fingerprint density at radius 3 is 2.08 bits per heavy atom. The summed E-state index contributed by atoms with van der Waals surface area (Å²) in [6, 6.07) is 4.98. The maximum Gasteiger partial charge on any atom is 0.416 e. The van der Waals surface area contributed by atoms with Crippen molar-refractivity contribution in [1.29, 1.82) is 0 Å². The number of hydrogen-bond acceptors (Lipinski definition) is 7. The van der Waals surface area contributed by atoms with Crippen molar-refractivity contribution in [2.24, 2.45) is 5.92 Å². The van der Waals surface area contributed by atoms with Crippen molar-refractivity contribution < 1.29 is 32.5 Å². The van der Waals surface area contributed by atoms with E-state index >= 15 is 0 Å². The summed E-state index contributed by atoms with van der Waals surface area (Å²) < 4.78 is 51.9. The molecule has 0 radical (unpaired) electrons. The third-order valence-corrected chi connectivity index (χ3v) is 8.36. The summed E-state index contributed by atoms with van der Waals surface area (Å²) in [5.74, 6) is -0.0540. The number of aromatic hydroxyl groups is 1. The Morgan fingerprint density at radius 1 is 1.00 bits per heavy atom. The van der Waals surface area contributed by atoms with Gasteiger partial charge in [0.1, 0.15) is 5.75 Å². The average Bonchev–Trinajstić information content (AvgIpc) is 3.45. The minimum atomic E-state index is -4.54. The molecule has 1 aliphatic rings. The molecule has 290 valence electrons. The standard InChI is InChI=1S/C26H29ClF3N3O4S.C5H12.2C4H10/c1-4-5-36-13-17-6-18(26(28,29)30)8-21-22(17)31-25(38-21)32-24(35)20-9-19(27)7-16(23(20)34)12-33-10-14(2)37-15(3)11-33;1-3-5-4-2;1-4(2)3;1-3-4-2/h6-9,14-15,34H,4-5,10-13H2,1-3H3,(H,31,32,35);3-5H2,1-2H3;4H,1-3H3;3-4H2,1-2H3/t14-,15+;;;. The summed E-state index contributed by atoms with van der Waals surface area (Å²) in [4.78, 5) is 19.6. The Kier molecular flexibility index (Phi) is 21.9. The van der Waals surface area contributed by atoms with E-state index in [9.17, 15) is 23.1 Å². The third kappa shape index (κ3) is 17.3. The molecule has 0 aliphatic carbocycles. The van der Waals surface area contributed by atoms with E-state index in [2.05, 4.69) is 63.7 Å². The normalized spacial score (nSPS) is 16.1. The monoisotopic (exact) mass is 759 g/mol. The number of carbonyl (C=O) groups excluding carboxylic acids is 1. The predicted octanol–water partition coefficient (Wildman–Crippen LogP) is 12.1. The summed E-state index contributed by atoms with van der Waals surface area (Å²) in [6.45, 7) is 23.2. The molecular formula is C39H61ClF3N3O4S. The van der Waals surface area contributed by atoms with Gasteiger partial charge in [-0.2, -0.15) is 13.2 Å². The van der Waals surface area contributed by atoms with E-state index in [-0.39, 0.29) is 50.5 Å². The molecule has 1 aliphatic heterocycles. The van der Waals surface area contributed by atoms with E-state index in [1.54, 1.807) is 6.07 Å². The molecule has 1 fully saturated rings. The number of ether oxygens (including phenoxy) is 2. The van der Waals surface area contributed by atoms with Crippen LogP contribution in [0.3, 0.4) is 0 Å². The molecule has 2 aromatic carbocycles. The number of rotatable bonds is 11. The number of anilines is 1. The number of benzene rings is 2. The number of amides is 1. The second-order valence-electron chi connectivity index (χ2n) is 13.5. The average molecular weight is 760 g/mol. The molecule has 1 saturated heterocycles. The fourth-order valence-electron chi connectivity index (χ4n) is 4.87. The van der Waals surface area contributed by atoms with Crippen LogP contribution in [0.5, 0.6) is 5.75 Å². The Balaban J connectivity index is 0.000000859. The fraction of sp³-hybridized carbons (Fsp3) is 0.641. The topological polar surface area (TPSA) is 83.9 Å². The molecule has 0 saturated carbocycles. The van der Waals surface area contributed by atoms with Crippen molar-refractivity contribution in [2.75, 3.05) is 25.0 Å². The first-order valence-electron chi connectivity index (χ1n) is 18.3. The van der Waals surface area contributed by atoms with Crippen LogP contribution in [0.1, 0.15) is 135 Å². The highest BCUT2D eigenvalue weighted by Gasteiger charge is 2.32. The number of carbonyl (C=O) groups is 1. The van der Waals surface area contributed by atoms with Crippen molar-refractivity contribution in [3.05, 3.63) is 51.5 Å². The Morgan fingerprint density at radius 2 is 1.59 bits per heavy atom. The molecule has 2 N–H and O–H groups in total. The summed E-state index contributed by atoms with van der Waals surface area (Å²) in [5, 5.41) is 13.9. The number of alkyl halides is 3. The van der Waals surface area contributed by atoms with Crippen LogP contribution in [-0.2, 0) is 28.8 Å². The van der Waals surface area contributed by atoms with Gasteiger partial charge in [-0.05, 0) is 50.5 Å². The highest BCUT2D eigenvalue weighted by molar-refractivity contribution is 7.22. The number of fused-ring (bicyclic) bond motifs is 1. The number of aromatic nitrogens is 1. The van der Waals surface area contributed by atoms with Gasteiger partial charge in [-0.25, -0.2) is 4.98 Å². The first-order valence-corrected chi connectivity index (χ1v) is 19.5. The van der Waals surface area contributed by atoms with Crippen LogP contribution in [0.4, 0.5) is 18.3 Å². The molecule has 1 aromatic heterocycles. The van der Waals surface area contributed by atoms with E-state index in [0.717, 1.165) is 35.8 Å². The molecule has 0 unspecified atom stereocenters. The van der Waals surface area contributed by atoms with Gasteiger partial charge >= 0.3 is 6.18 Å². The van der Waals surface area contributed by atoms with Crippen LogP contribution in [0.15, 0.2) is 24.3 Å². The van der Waals surface area contributed by atoms with Crippen LogP contribution in [0.25, 0.3) is 10.2 Å². The Labute approximate surface area is 313 Å². The van der Waals surface area contributed by atoms with Gasteiger partial charge < -0.3 is 14.6 Å². The van der Waals surface area contributed by atoms with Gasteiger partial charge in [0.15, 0.2) is 5.13 Å². The summed E-state index contributed by atoms with van der Waals surface area (Å²) in [6.07, 6.45) is 2.94. The Hall–Kier alpha value is -2.44. The number of nitrogens with zero attached hydrogens (tertiary/aromatic N) is 2. The second kappa shape index (κ2) is 24.0. The molecule has 2 heterocycles. The number of morpholine rings is 1. The number of phenols is 1. The largest absolute Gasteiger partial charge is 0.507 e. The van der Waals surface area contributed by atoms with E-state index < -0.39 is 17.6 Å². The minimum Gasteiger partial charge on any atom is -0.507 e. The van der Waals surface area contributed by atoms with Crippen molar-refractivity contribution >= 4 is 44.2 Å². The maximum atomic E-state index is 13.5. The lowest BCUT2D eigenvalue weighted by molar-refractivity contribution is -0.137. The fourth-order valence-corrected chi connectivity index (χ4v) is 6.06. The van der Waals surface area contributed by atoms with Crippen LogP contribution in [-0.4, -0.2) is 52.8 Å². The van der Waals surface area contributed by atoms with E-state index in [0.29, 0.717) is 37.3 Å². The molecule has 51 heavy (non-hydrogen) atoms. The first-order chi connectivity index (χ1) is 24.0. The van der Waals surface area contributed by atoms with Gasteiger partial charge in [-0.15, -0.1) is 0 Å². The maximum absolute atomic E-state index is 13.5. The lowest BCUT2D eigenvalue weighted by Gasteiger charge is -2.35. The van der Waals surface area contributed by atoms with Crippen molar-refractivity contribution in [3.8, 4) is 5.75 Å². The Bertz CT molecular complexity index is 1430. The predicted molar refractivity (Wildman–Crippen MR) is 207 cm³/mol. The molecule has 3 aromatic rings. The van der Waals surface area contributed by atoms with E-state index in [4.69, 9.17) is 21.1 Å². The number of hydrogen-bond donors (Lipinski definition) is 2. The zero-order valence-electron chi connectivity index (χ0n) is 32.3. The molecule has 7 nitrogen and oxygen atoms in total. The summed E-state index contributed by atoms with van der Waals surface area (Å²) in [7, 11) is 0. The van der Waals surface area contributed by atoms with Gasteiger partial charge in [0.05, 0.1) is 40.2 Å². The van der Waals surface area contributed by atoms with Crippen LogP contribution >= 0.6 is 22.9 Å². The van der Waals surface area contributed by atoms with Crippen molar-refractivity contribution in [2.45, 2.75) is 139 Å². The SMILES string of the molecule is CC(C)C.CCCC.CCCCC.CCCOCc1cc(C(F)(F)F)cc2sc(NC(=O)c3cc(Cl)cc(CN4C[C@@H](C)O[C@@H](C)C4)c3O)nc12. The lowest BCUT2D eigenvalue weighted by Crippen LogP contribution is -2.44. The zero-order chi connectivity index (χ0) is 38.7. The van der Waals surface area contributed by atoms with Crippen LogP contribution < -0.4 is 5.32 Å². The van der Waals surface area contributed by atoms with Gasteiger partial charge in [-0.1, -0.05) is 110 Å². The highest BCUT2D eigenvalue weighted by Crippen LogP contribution is 2.37. The molecular weight excluding hydrogens is 699 g/mol. The highest BCUT2D eigenvalue weighted by atomic mass is 35.5. The lowest BCUT2D eigenvalue weighted by atomic mass is 10.1.